The van der Waals surface area contributed by atoms with Crippen LogP contribution in [0.5, 0.6) is 5.75 Å². The molecular formula is C34H49N5O10S. The highest BCUT2D eigenvalue weighted by atomic mass is 32.2. The van der Waals surface area contributed by atoms with Gasteiger partial charge >= 0.3 is 12.1 Å². The Labute approximate surface area is 293 Å². The van der Waals surface area contributed by atoms with Crippen LogP contribution in [0.15, 0.2) is 59.5 Å². The van der Waals surface area contributed by atoms with Crippen LogP contribution < -0.4 is 26.4 Å². The van der Waals surface area contributed by atoms with Crippen LogP contribution in [0.3, 0.4) is 0 Å². The fraction of sp³-hybridized carbons (Fsp3) is 0.559. The van der Waals surface area contributed by atoms with Crippen molar-refractivity contribution in [3.05, 3.63) is 60.2 Å². The number of hydrogen-bond donors (Lipinski definition) is 5. The highest BCUT2D eigenvalue weighted by molar-refractivity contribution is 7.89. The average molecular weight is 720 g/mol. The molecule has 2 heterocycles. The summed E-state index contributed by atoms with van der Waals surface area (Å²) in [5.41, 5.74) is 5.27. The number of amides is 4. The van der Waals surface area contributed by atoms with Gasteiger partial charge in [0.05, 0.1) is 49.8 Å². The van der Waals surface area contributed by atoms with Gasteiger partial charge in [-0.05, 0) is 60.9 Å². The monoisotopic (exact) mass is 719 g/mol. The number of carbonyl (C=O) groups excluding carboxylic acids is 3. The number of primary amides is 1. The number of nitrogens with zero attached hydrogens (tertiary/aromatic N) is 1. The molecule has 4 amide bonds. The minimum atomic E-state index is -4.16. The van der Waals surface area contributed by atoms with Crippen molar-refractivity contribution in [2.24, 2.45) is 17.1 Å². The number of aliphatic hydroxyl groups excluding tert-OH is 1. The van der Waals surface area contributed by atoms with Gasteiger partial charge in [-0.2, -0.15) is 4.31 Å². The first-order valence-electron chi connectivity index (χ1n) is 16.6. The predicted molar refractivity (Wildman–Crippen MR) is 183 cm³/mol. The van der Waals surface area contributed by atoms with E-state index >= 15 is 0 Å². The second-order valence-corrected chi connectivity index (χ2v) is 15.2. The molecule has 4 rings (SSSR count). The summed E-state index contributed by atoms with van der Waals surface area (Å²) in [6, 6.07) is 13.8. The Kier molecular flexibility index (Phi) is 13.8. The second kappa shape index (κ2) is 17.8. The van der Waals surface area contributed by atoms with Crippen LogP contribution in [0.2, 0.25) is 0 Å². The number of aliphatic hydroxyl groups is 1. The topological polar surface area (TPSA) is 208 Å². The Hall–Kier alpha value is -3.96. The van der Waals surface area contributed by atoms with E-state index in [1.165, 1.54) is 23.5 Å². The van der Waals surface area contributed by atoms with Gasteiger partial charge in [-0.25, -0.2) is 18.0 Å². The zero-order valence-corrected chi connectivity index (χ0v) is 29.5. The molecule has 50 heavy (non-hydrogen) atoms. The maximum absolute atomic E-state index is 14.2. The molecule has 6 N–H and O–H groups in total. The van der Waals surface area contributed by atoms with Gasteiger partial charge < -0.3 is 45.7 Å². The molecule has 276 valence electrons. The van der Waals surface area contributed by atoms with E-state index in [4.69, 9.17) is 24.7 Å². The van der Waals surface area contributed by atoms with Gasteiger partial charge in [-0.1, -0.05) is 44.2 Å². The molecule has 2 aromatic carbocycles. The molecule has 0 aromatic heterocycles. The molecule has 0 aliphatic carbocycles. The number of alkyl carbamates (subject to hydrolysis) is 1. The van der Waals surface area contributed by atoms with Crippen LogP contribution in [0.4, 0.5) is 9.59 Å². The van der Waals surface area contributed by atoms with E-state index in [9.17, 15) is 27.9 Å². The van der Waals surface area contributed by atoms with Crippen molar-refractivity contribution in [2.75, 3.05) is 46.5 Å². The van der Waals surface area contributed by atoms with E-state index in [-0.39, 0.29) is 50.0 Å². The highest BCUT2D eigenvalue weighted by Gasteiger charge is 2.44. The number of fused-ring (bicyclic) bond motifs is 1. The first-order valence-corrected chi connectivity index (χ1v) is 18.1. The molecule has 0 saturated carbocycles. The van der Waals surface area contributed by atoms with E-state index in [1.54, 1.807) is 12.1 Å². The number of sulfonamides is 1. The van der Waals surface area contributed by atoms with Crippen LogP contribution >= 0.6 is 0 Å². The van der Waals surface area contributed by atoms with Crippen molar-refractivity contribution in [3.63, 3.8) is 0 Å². The first-order chi connectivity index (χ1) is 23.8. The number of nitrogens with two attached hydrogens (primary N) is 1. The van der Waals surface area contributed by atoms with Gasteiger partial charge in [0.1, 0.15) is 11.9 Å². The number of urea groups is 1. The van der Waals surface area contributed by atoms with Crippen molar-refractivity contribution < 1.29 is 46.9 Å². The normalized spacial score (nSPS) is 20.1. The molecule has 15 nitrogen and oxygen atoms in total. The minimum absolute atomic E-state index is 0.00985. The maximum atomic E-state index is 14.2. The summed E-state index contributed by atoms with van der Waals surface area (Å²) >= 11 is 0. The van der Waals surface area contributed by atoms with Crippen LogP contribution in [0.1, 0.15) is 38.7 Å². The summed E-state index contributed by atoms with van der Waals surface area (Å²) in [5.74, 6) is -0.261. The van der Waals surface area contributed by atoms with E-state index in [0.29, 0.717) is 31.6 Å². The van der Waals surface area contributed by atoms with E-state index in [1.807, 2.05) is 44.2 Å². The van der Waals surface area contributed by atoms with Gasteiger partial charge in [-0.3, -0.25) is 4.79 Å². The Morgan fingerprint density at radius 1 is 1.08 bits per heavy atom. The average Bonchev–Trinajstić information content (AvgIpc) is 3.71. The first kappa shape index (κ1) is 38.8. The summed E-state index contributed by atoms with van der Waals surface area (Å²) < 4.78 is 51.6. The summed E-state index contributed by atoms with van der Waals surface area (Å²) in [5, 5.41) is 19.5. The Balaban J connectivity index is 1.50. The molecule has 2 aromatic rings. The summed E-state index contributed by atoms with van der Waals surface area (Å²) in [6.45, 7) is 4.15. The highest BCUT2D eigenvalue weighted by Crippen LogP contribution is 2.33. The third kappa shape index (κ3) is 11.3. The molecule has 2 aliphatic heterocycles. The van der Waals surface area contributed by atoms with Crippen molar-refractivity contribution in [1.82, 2.24) is 20.3 Å². The molecule has 16 heteroatoms. The Morgan fingerprint density at radius 2 is 1.80 bits per heavy atom. The quantitative estimate of drug-likeness (QED) is 0.141. The van der Waals surface area contributed by atoms with Gasteiger partial charge in [0.25, 0.3) is 0 Å². The van der Waals surface area contributed by atoms with Gasteiger partial charge in [-0.15, -0.1) is 0 Å². The van der Waals surface area contributed by atoms with Gasteiger partial charge in [0.2, 0.25) is 15.9 Å². The third-order valence-electron chi connectivity index (χ3n) is 8.74. The van der Waals surface area contributed by atoms with Crippen LogP contribution in [-0.2, 0) is 35.4 Å². The number of nitrogens with one attached hydrogen (secondary N) is 3. The number of methoxy groups -OCH3 is 1. The lowest BCUT2D eigenvalue weighted by Crippen LogP contribution is -2.52. The number of hydrogen-bond acceptors (Lipinski definition) is 10. The van der Waals surface area contributed by atoms with E-state index in [0.717, 1.165) is 5.56 Å². The number of carbonyl (C=O) groups is 3. The molecule has 2 aliphatic rings. The fourth-order valence-corrected chi connectivity index (χ4v) is 7.70. The Morgan fingerprint density at radius 3 is 2.48 bits per heavy atom. The molecule has 2 fully saturated rings. The molecule has 5 atom stereocenters. The van der Waals surface area contributed by atoms with Gasteiger partial charge in [0, 0.05) is 19.6 Å². The lowest BCUT2D eigenvalue weighted by molar-refractivity contribution is -0.117. The predicted octanol–water partition coefficient (Wildman–Crippen LogP) is 1.74. The van der Waals surface area contributed by atoms with Crippen LogP contribution in [0, 0.1) is 11.3 Å². The SMILES string of the molecule is COc1ccc(S(=O)(=O)N(C[C@H](O)[C@H](Cc2ccccc2)NC(=O)O[C@H]2CO[C@H]3OCC[C@H]32)CC(C)(C)CCCNC(=O)NCC(N)=O)cc1. The lowest BCUT2D eigenvalue weighted by atomic mass is 9.87. The number of benzene rings is 2. The van der Waals surface area contributed by atoms with E-state index < -0.39 is 58.0 Å². The second-order valence-electron chi connectivity index (χ2n) is 13.3. The molecule has 2 saturated heterocycles. The fourth-order valence-electron chi connectivity index (χ4n) is 6.06. The van der Waals surface area contributed by atoms with Crippen molar-refractivity contribution in [3.8, 4) is 5.75 Å². The molecule has 0 radical (unpaired) electrons. The zero-order chi connectivity index (χ0) is 36.3. The van der Waals surface area contributed by atoms with Crippen molar-refractivity contribution in [2.45, 2.75) is 69.0 Å². The molecule has 0 unspecified atom stereocenters. The smallest absolute Gasteiger partial charge is 0.407 e. The van der Waals surface area contributed by atoms with Crippen LogP contribution in [-0.4, -0.2) is 107 Å². The minimum Gasteiger partial charge on any atom is -0.497 e. The molecular weight excluding hydrogens is 670 g/mol. The largest absolute Gasteiger partial charge is 0.497 e. The summed E-state index contributed by atoms with van der Waals surface area (Å²) in [7, 11) is -2.68. The number of ether oxygens (including phenoxy) is 4. The van der Waals surface area contributed by atoms with Gasteiger partial charge in [0.15, 0.2) is 6.29 Å². The standard InChI is InChI=1S/C34H49N5O10S/c1-34(2,15-7-16-36-32(42)37-19-30(35)41)22-39(50(44,45)25-12-10-24(46-3)11-13-25)20-28(40)27(18-23-8-5-4-6-9-23)38-33(43)49-29-21-48-31-26(29)14-17-47-31/h4-6,8-13,26-29,31,40H,7,14-22H2,1-3H3,(H2,35,41)(H,38,43)(H2,36,37,42)/t26-,27-,28-,29-,31+/m0/s1. The number of rotatable bonds is 18. The zero-order valence-electron chi connectivity index (χ0n) is 28.7. The summed E-state index contributed by atoms with van der Waals surface area (Å²) in [4.78, 5) is 36.1. The van der Waals surface area contributed by atoms with Crippen molar-refractivity contribution >= 4 is 28.1 Å². The van der Waals surface area contributed by atoms with Crippen molar-refractivity contribution in [1.29, 1.82) is 0 Å². The maximum Gasteiger partial charge on any atom is 0.407 e. The summed E-state index contributed by atoms with van der Waals surface area (Å²) in [6.07, 6.45) is -1.10. The van der Waals surface area contributed by atoms with E-state index in [2.05, 4.69) is 16.0 Å². The third-order valence-corrected chi connectivity index (χ3v) is 10.6. The molecule has 0 spiro atoms. The van der Waals surface area contributed by atoms with Crippen LogP contribution in [0.25, 0.3) is 0 Å². The Bertz CT molecular complexity index is 1530. The molecule has 0 bridgehead atoms. The lowest BCUT2D eigenvalue weighted by Gasteiger charge is -2.35.